The summed E-state index contributed by atoms with van der Waals surface area (Å²) in [5.74, 6) is -3.65. The quantitative estimate of drug-likeness (QED) is 0.0354. The predicted molar refractivity (Wildman–Crippen MR) is 239 cm³/mol. The van der Waals surface area contributed by atoms with Crippen LogP contribution in [0, 0.1) is 0 Å². The molecule has 58 heavy (non-hydrogen) atoms. The number of aliphatic hydroxyl groups is 2. The van der Waals surface area contributed by atoms with Crippen LogP contribution in [-0.4, -0.2) is 46.9 Å². The third kappa shape index (κ3) is 31.6. The summed E-state index contributed by atoms with van der Waals surface area (Å²) in [6.45, 7) is 4.18. The first-order chi connectivity index (χ1) is 28.4. The van der Waals surface area contributed by atoms with Crippen LogP contribution in [0.4, 0.5) is 0 Å². The molecular formula is C50H92O8. The molecule has 0 saturated carbocycles. The lowest BCUT2D eigenvalue weighted by molar-refractivity contribution is -0.171. The zero-order valence-electron chi connectivity index (χ0n) is 38.0. The van der Waals surface area contributed by atoms with Crippen molar-refractivity contribution in [3.63, 3.8) is 0 Å². The lowest BCUT2D eigenvalue weighted by Crippen LogP contribution is -2.38. The minimum absolute atomic E-state index is 0.180. The van der Waals surface area contributed by atoms with Gasteiger partial charge in [0.1, 0.15) is 6.61 Å². The van der Waals surface area contributed by atoms with Gasteiger partial charge in [-0.1, -0.05) is 245 Å². The van der Waals surface area contributed by atoms with E-state index in [1.165, 1.54) is 199 Å². The number of carbonyl (C=O) groups excluding carboxylic acids is 3. The van der Waals surface area contributed by atoms with E-state index in [-0.39, 0.29) is 19.4 Å². The van der Waals surface area contributed by atoms with Gasteiger partial charge in [-0.05, 0) is 12.8 Å². The summed E-state index contributed by atoms with van der Waals surface area (Å²) in [7, 11) is 0. The first-order valence-corrected chi connectivity index (χ1v) is 25.1. The van der Waals surface area contributed by atoms with Crippen molar-refractivity contribution in [2.24, 2.45) is 0 Å². The van der Waals surface area contributed by atoms with E-state index in [4.69, 9.17) is 14.2 Å². The summed E-state index contributed by atoms with van der Waals surface area (Å²) in [5, 5.41) is 20.1. The number of carbonyl (C=O) groups is 3. The topological polar surface area (TPSA) is 119 Å². The molecule has 0 aromatic carbocycles. The second kappa shape index (κ2) is 40.2. The van der Waals surface area contributed by atoms with Crippen LogP contribution in [0.5, 0.6) is 0 Å². The van der Waals surface area contributed by atoms with Crippen LogP contribution in [0.2, 0.25) is 0 Å². The molecule has 0 aromatic rings. The van der Waals surface area contributed by atoms with Crippen molar-refractivity contribution < 1.29 is 38.8 Å². The largest absolute Gasteiger partial charge is 0.505 e. The van der Waals surface area contributed by atoms with Gasteiger partial charge in [0.15, 0.2) is 11.9 Å². The maximum atomic E-state index is 12.7. The number of cyclic esters (lactones) is 1. The maximum Gasteiger partial charge on any atom is 0.378 e. The number of rotatable bonds is 44. The normalized spacial score (nSPS) is 14.6. The van der Waals surface area contributed by atoms with Crippen molar-refractivity contribution in [2.75, 3.05) is 6.61 Å². The van der Waals surface area contributed by atoms with Gasteiger partial charge in [0.05, 0.1) is 0 Å². The molecule has 1 aliphatic rings. The fourth-order valence-electron chi connectivity index (χ4n) is 8.07. The highest BCUT2D eigenvalue weighted by atomic mass is 16.6. The van der Waals surface area contributed by atoms with Crippen LogP contribution < -0.4 is 0 Å². The van der Waals surface area contributed by atoms with Gasteiger partial charge in [0.25, 0.3) is 0 Å². The lowest BCUT2D eigenvalue weighted by Gasteiger charge is -2.22. The van der Waals surface area contributed by atoms with Crippen LogP contribution in [0.1, 0.15) is 271 Å². The SMILES string of the molecule is CCCCCCCCCCCCCCCCCCCCCC(=O)OC[C@H](OC(=O)CCCCCCCCCCCCCCCCCCCCC)[C@H]1OC(=O)C(O)=C1O. The number of hydrogen-bond donors (Lipinski definition) is 2. The highest BCUT2D eigenvalue weighted by Crippen LogP contribution is 2.25. The number of aliphatic hydroxyl groups excluding tert-OH is 2. The summed E-state index contributed by atoms with van der Waals surface area (Å²) in [6, 6.07) is 0. The Morgan fingerprint density at radius 2 is 0.741 bits per heavy atom. The number of ether oxygens (including phenoxy) is 3. The summed E-state index contributed by atoms with van der Waals surface area (Å²) in [5.41, 5.74) is 0. The maximum absolute atomic E-state index is 12.7. The van der Waals surface area contributed by atoms with Gasteiger partial charge in [0.2, 0.25) is 11.9 Å². The Hall–Kier alpha value is -2.25. The van der Waals surface area contributed by atoms with Gasteiger partial charge in [-0.2, -0.15) is 0 Å². The molecular weight excluding hydrogens is 729 g/mol. The first-order valence-electron chi connectivity index (χ1n) is 25.1. The van der Waals surface area contributed by atoms with Crippen LogP contribution >= 0.6 is 0 Å². The minimum atomic E-state index is -1.40. The van der Waals surface area contributed by atoms with Crippen molar-refractivity contribution in [1.29, 1.82) is 0 Å². The molecule has 0 aliphatic carbocycles. The fraction of sp³-hybridized carbons (Fsp3) is 0.900. The zero-order valence-corrected chi connectivity index (χ0v) is 38.0. The van der Waals surface area contributed by atoms with Gasteiger partial charge >= 0.3 is 17.9 Å². The molecule has 1 rings (SSSR count). The average Bonchev–Trinajstić information content (AvgIpc) is 3.47. The third-order valence-electron chi connectivity index (χ3n) is 11.9. The molecule has 8 nitrogen and oxygen atoms in total. The molecule has 1 heterocycles. The summed E-state index contributed by atoms with van der Waals surface area (Å²) in [4.78, 5) is 37.1. The first kappa shape index (κ1) is 53.8. The van der Waals surface area contributed by atoms with Crippen molar-refractivity contribution in [1.82, 2.24) is 0 Å². The van der Waals surface area contributed by atoms with E-state index in [0.717, 1.165) is 32.1 Å². The van der Waals surface area contributed by atoms with Crippen molar-refractivity contribution in [2.45, 2.75) is 283 Å². The molecule has 0 bridgehead atoms. The van der Waals surface area contributed by atoms with Crippen molar-refractivity contribution in [3.05, 3.63) is 11.5 Å². The number of hydrogen-bond acceptors (Lipinski definition) is 8. The smallest absolute Gasteiger partial charge is 0.378 e. The third-order valence-corrected chi connectivity index (χ3v) is 11.9. The summed E-state index contributed by atoms with van der Waals surface area (Å²) in [6.07, 6.45) is 46.4. The number of unbranched alkanes of at least 4 members (excludes halogenated alkanes) is 36. The Bertz CT molecular complexity index is 1010. The van der Waals surface area contributed by atoms with E-state index in [2.05, 4.69) is 13.8 Å². The van der Waals surface area contributed by atoms with Gasteiger partial charge in [-0.3, -0.25) is 9.59 Å². The molecule has 0 unspecified atom stereocenters. The highest BCUT2D eigenvalue weighted by Gasteiger charge is 2.42. The van der Waals surface area contributed by atoms with Crippen LogP contribution in [0.3, 0.4) is 0 Å². The van der Waals surface area contributed by atoms with Gasteiger partial charge < -0.3 is 24.4 Å². The van der Waals surface area contributed by atoms with Crippen LogP contribution in [0.15, 0.2) is 11.5 Å². The molecule has 0 fully saturated rings. The lowest BCUT2D eigenvalue weighted by atomic mass is 10.0. The molecule has 0 spiro atoms. The Labute approximate surface area is 356 Å². The molecule has 2 N–H and O–H groups in total. The molecule has 340 valence electrons. The van der Waals surface area contributed by atoms with Gasteiger partial charge in [0, 0.05) is 12.8 Å². The second-order valence-corrected chi connectivity index (χ2v) is 17.5. The Morgan fingerprint density at radius 1 is 0.466 bits per heavy atom. The van der Waals surface area contributed by atoms with E-state index in [1.54, 1.807) is 0 Å². The second-order valence-electron chi connectivity index (χ2n) is 17.5. The molecule has 0 saturated heterocycles. The molecule has 2 atom stereocenters. The predicted octanol–water partition coefficient (Wildman–Crippen LogP) is 15.3. The Morgan fingerprint density at radius 3 is 1.02 bits per heavy atom. The van der Waals surface area contributed by atoms with E-state index in [0.29, 0.717) is 12.8 Å². The summed E-state index contributed by atoms with van der Waals surface area (Å²) >= 11 is 0. The minimum Gasteiger partial charge on any atom is -0.505 e. The van der Waals surface area contributed by atoms with Crippen LogP contribution in [0.25, 0.3) is 0 Å². The Kier molecular flexibility index (Phi) is 37.2. The average molecular weight is 821 g/mol. The molecule has 1 aliphatic heterocycles. The fourth-order valence-corrected chi connectivity index (χ4v) is 8.07. The summed E-state index contributed by atoms with van der Waals surface area (Å²) < 4.78 is 16.0. The molecule has 0 amide bonds. The number of esters is 3. The van der Waals surface area contributed by atoms with Gasteiger partial charge in [-0.25, -0.2) is 4.79 Å². The van der Waals surface area contributed by atoms with E-state index in [1.807, 2.05) is 0 Å². The standard InChI is InChI=1S/C50H92O8/c1-3-5-7-9-11-13-15-17-19-21-23-25-27-29-31-33-35-37-39-41-45(51)56-43-44(49-47(53)48(54)50(55)58-49)57-46(52)42-40-38-36-34-32-30-28-26-24-22-20-18-16-14-12-10-8-6-4-2/h44,49,53-54H,3-43H2,1-2H3/t44-,49+/m0/s1. The Balaban J connectivity index is 2.08. The van der Waals surface area contributed by atoms with Gasteiger partial charge in [-0.15, -0.1) is 0 Å². The van der Waals surface area contributed by atoms with E-state index < -0.39 is 41.6 Å². The van der Waals surface area contributed by atoms with Crippen molar-refractivity contribution in [3.8, 4) is 0 Å². The van der Waals surface area contributed by atoms with E-state index in [9.17, 15) is 24.6 Å². The van der Waals surface area contributed by atoms with Crippen LogP contribution in [-0.2, 0) is 28.6 Å². The molecule has 0 radical (unpaired) electrons. The monoisotopic (exact) mass is 821 g/mol. The van der Waals surface area contributed by atoms with E-state index >= 15 is 0 Å². The molecule has 0 aromatic heterocycles. The highest BCUT2D eigenvalue weighted by molar-refractivity contribution is 5.89. The zero-order chi connectivity index (χ0) is 42.2. The molecule has 8 heteroatoms. The van der Waals surface area contributed by atoms with Crippen molar-refractivity contribution >= 4 is 17.9 Å².